The van der Waals surface area contributed by atoms with Crippen molar-refractivity contribution in [2.45, 2.75) is 30.3 Å². The first kappa shape index (κ1) is 22.7. The lowest BCUT2D eigenvalue weighted by molar-refractivity contribution is -0.136. The number of nitrogens with zero attached hydrogens (tertiary/aromatic N) is 1. The maximum atomic E-state index is 12.9. The topological polar surface area (TPSA) is 130 Å². The van der Waals surface area contributed by atoms with Crippen molar-refractivity contribution >= 4 is 49.9 Å². The number of nitrogens with one attached hydrogen (secondary N) is 2. The van der Waals surface area contributed by atoms with Crippen LogP contribution in [0.3, 0.4) is 0 Å². The first-order valence-corrected chi connectivity index (χ1v) is 12.8. The van der Waals surface area contributed by atoms with E-state index in [0.29, 0.717) is 27.8 Å². The Morgan fingerprint density at radius 3 is 2.49 bits per heavy atom. The van der Waals surface area contributed by atoms with Gasteiger partial charge in [-0.05, 0) is 65.2 Å². The molecule has 2 heterocycles. The van der Waals surface area contributed by atoms with Gasteiger partial charge in [-0.1, -0.05) is 12.1 Å². The third kappa shape index (κ3) is 4.28. The molecule has 4 amide bonds. The monoisotopic (exact) mass is 491 g/mol. The van der Waals surface area contributed by atoms with Crippen molar-refractivity contribution in [2.24, 2.45) is 0 Å². The van der Waals surface area contributed by atoms with Gasteiger partial charge in [-0.15, -0.1) is 0 Å². The van der Waals surface area contributed by atoms with Crippen LogP contribution in [-0.2, 0) is 26.0 Å². The third-order valence-corrected chi connectivity index (χ3v) is 7.39. The number of piperidine rings is 1. The number of amides is 4. The molecule has 1 unspecified atom stereocenters. The Morgan fingerprint density at radius 2 is 1.74 bits per heavy atom. The number of rotatable bonds is 4. The van der Waals surface area contributed by atoms with Crippen molar-refractivity contribution < 1.29 is 27.6 Å². The van der Waals surface area contributed by atoms with E-state index in [9.17, 15) is 27.6 Å². The Balaban J connectivity index is 1.33. The summed E-state index contributed by atoms with van der Waals surface area (Å²) in [6.45, 7) is 0.211. The van der Waals surface area contributed by atoms with Crippen LogP contribution in [0.25, 0.3) is 10.8 Å². The van der Waals surface area contributed by atoms with E-state index in [1.807, 2.05) is 0 Å². The van der Waals surface area contributed by atoms with Crippen LogP contribution in [0.2, 0.25) is 0 Å². The zero-order chi connectivity index (χ0) is 24.9. The fraction of sp³-hybridized carbons (Fsp3) is 0.200. The summed E-state index contributed by atoms with van der Waals surface area (Å²) in [5, 5.41) is 6.53. The zero-order valence-corrected chi connectivity index (χ0v) is 19.5. The summed E-state index contributed by atoms with van der Waals surface area (Å²) in [6.07, 6.45) is 1.60. The van der Waals surface area contributed by atoms with Crippen LogP contribution in [-0.4, -0.2) is 49.2 Å². The Kier molecular flexibility index (Phi) is 5.40. The lowest BCUT2D eigenvalue weighted by atomic mass is 10.0. The molecule has 3 aromatic carbocycles. The van der Waals surface area contributed by atoms with E-state index in [4.69, 9.17) is 0 Å². The second-order valence-corrected chi connectivity index (χ2v) is 10.7. The lowest BCUT2D eigenvalue weighted by Gasteiger charge is -2.29. The predicted molar refractivity (Wildman–Crippen MR) is 127 cm³/mol. The second kappa shape index (κ2) is 8.31. The van der Waals surface area contributed by atoms with Crippen LogP contribution in [0.15, 0.2) is 59.5 Å². The Labute approximate surface area is 201 Å². The molecule has 2 aliphatic heterocycles. The van der Waals surface area contributed by atoms with Gasteiger partial charge in [-0.25, -0.2) is 8.42 Å². The number of anilines is 1. The number of fused-ring (bicyclic) bond motifs is 2. The number of carbonyl (C=O) groups excluding carboxylic acids is 4. The van der Waals surface area contributed by atoms with Crippen molar-refractivity contribution in [3.63, 3.8) is 0 Å². The number of carbonyl (C=O) groups is 4. The molecule has 0 radical (unpaired) electrons. The maximum Gasteiger partial charge on any atom is 0.255 e. The molecule has 35 heavy (non-hydrogen) atoms. The Hall–Kier alpha value is -4.05. The highest BCUT2D eigenvalue weighted by Gasteiger charge is 2.39. The average molecular weight is 492 g/mol. The number of imide groups is 1. The van der Waals surface area contributed by atoms with Gasteiger partial charge >= 0.3 is 0 Å². The van der Waals surface area contributed by atoms with E-state index >= 15 is 0 Å². The third-order valence-electron chi connectivity index (χ3n) is 6.28. The standard InChI is InChI=1S/C25H21N3O6S/c1-35(33,34)19-6-4-14-10-16(3-2-15(14)12-19)23(30)26-18-5-7-20-17(11-18)13-28(25(20)32)21-8-9-22(29)27-24(21)31/h2-7,10-12,21H,8-9,13H2,1H3,(H,26,30)(H,27,29,31). The van der Waals surface area contributed by atoms with Crippen LogP contribution in [0.4, 0.5) is 5.69 Å². The summed E-state index contributed by atoms with van der Waals surface area (Å²) >= 11 is 0. The van der Waals surface area contributed by atoms with Crippen LogP contribution in [0.5, 0.6) is 0 Å². The second-order valence-electron chi connectivity index (χ2n) is 8.72. The minimum Gasteiger partial charge on any atom is -0.322 e. The van der Waals surface area contributed by atoms with Crippen LogP contribution in [0, 0.1) is 0 Å². The highest BCUT2D eigenvalue weighted by atomic mass is 32.2. The van der Waals surface area contributed by atoms with E-state index in [-0.39, 0.29) is 42.0 Å². The van der Waals surface area contributed by atoms with Gasteiger partial charge in [-0.2, -0.15) is 0 Å². The first-order valence-electron chi connectivity index (χ1n) is 10.9. The summed E-state index contributed by atoms with van der Waals surface area (Å²) in [5.74, 6) is -1.46. The van der Waals surface area contributed by atoms with E-state index in [1.54, 1.807) is 48.5 Å². The molecule has 2 aliphatic rings. The Bertz CT molecular complexity index is 1550. The van der Waals surface area contributed by atoms with Gasteiger partial charge in [0, 0.05) is 36.0 Å². The molecular weight excluding hydrogens is 470 g/mol. The number of benzene rings is 3. The summed E-state index contributed by atoms with van der Waals surface area (Å²) in [7, 11) is -3.33. The molecule has 1 saturated heterocycles. The van der Waals surface area contributed by atoms with Gasteiger partial charge in [0.25, 0.3) is 11.8 Å². The van der Waals surface area contributed by atoms with Crippen molar-refractivity contribution in [1.29, 1.82) is 0 Å². The van der Waals surface area contributed by atoms with Crippen molar-refractivity contribution in [1.82, 2.24) is 10.2 Å². The minimum absolute atomic E-state index is 0.180. The van der Waals surface area contributed by atoms with E-state index in [0.717, 1.165) is 11.6 Å². The summed E-state index contributed by atoms with van der Waals surface area (Å²) < 4.78 is 23.5. The first-order chi connectivity index (χ1) is 16.6. The quantitative estimate of drug-likeness (QED) is 0.539. The molecule has 9 nitrogen and oxygen atoms in total. The number of hydrogen-bond acceptors (Lipinski definition) is 6. The van der Waals surface area contributed by atoms with Gasteiger partial charge in [0.05, 0.1) is 4.90 Å². The Morgan fingerprint density at radius 1 is 1.00 bits per heavy atom. The number of sulfone groups is 1. The largest absolute Gasteiger partial charge is 0.322 e. The maximum absolute atomic E-state index is 12.9. The molecule has 1 fully saturated rings. The summed E-state index contributed by atoms with van der Waals surface area (Å²) in [5.41, 5.74) is 2.04. The van der Waals surface area contributed by atoms with Gasteiger partial charge in [0.1, 0.15) is 6.04 Å². The average Bonchev–Trinajstić information content (AvgIpc) is 3.13. The predicted octanol–water partition coefficient (Wildman–Crippen LogP) is 2.26. The molecule has 0 aliphatic carbocycles. The van der Waals surface area contributed by atoms with Crippen LogP contribution >= 0.6 is 0 Å². The highest BCUT2D eigenvalue weighted by molar-refractivity contribution is 7.90. The van der Waals surface area contributed by atoms with Gasteiger partial charge in [-0.3, -0.25) is 24.5 Å². The molecule has 5 rings (SSSR count). The molecule has 3 aromatic rings. The minimum atomic E-state index is -3.33. The van der Waals surface area contributed by atoms with E-state index in [1.165, 1.54) is 11.0 Å². The van der Waals surface area contributed by atoms with E-state index in [2.05, 4.69) is 10.6 Å². The normalized spacial score (nSPS) is 17.9. The fourth-order valence-corrected chi connectivity index (χ4v) is 5.11. The highest BCUT2D eigenvalue weighted by Crippen LogP contribution is 2.30. The smallest absolute Gasteiger partial charge is 0.255 e. The summed E-state index contributed by atoms with van der Waals surface area (Å²) in [6, 6.07) is 14.0. The molecule has 10 heteroatoms. The molecule has 2 N–H and O–H groups in total. The zero-order valence-electron chi connectivity index (χ0n) is 18.7. The fourth-order valence-electron chi connectivity index (χ4n) is 4.45. The number of hydrogen-bond donors (Lipinski definition) is 2. The molecule has 0 saturated carbocycles. The van der Waals surface area contributed by atoms with Crippen LogP contribution < -0.4 is 10.6 Å². The molecule has 0 spiro atoms. The molecule has 1 atom stereocenters. The van der Waals surface area contributed by atoms with Crippen molar-refractivity contribution in [2.75, 3.05) is 11.6 Å². The molecular formula is C25H21N3O6S. The van der Waals surface area contributed by atoms with Crippen molar-refractivity contribution in [3.8, 4) is 0 Å². The molecule has 178 valence electrons. The molecule has 0 aromatic heterocycles. The SMILES string of the molecule is CS(=O)(=O)c1ccc2cc(C(=O)Nc3ccc4c(c3)CN(C3CCC(=O)NC3=O)C4=O)ccc2c1. The van der Waals surface area contributed by atoms with E-state index < -0.39 is 21.8 Å². The van der Waals surface area contributed by atoms with Gasteiger partial charge in [0.2, 0.25) is 11.8 Å². The summed E-state index contributed by atoms with van der Waals surface area (Å²) in [4.78, 5) is 51.0. The van der Waals surface area contributed by atoms with Gasteiger partial charge in [0.15, 0.2) is 9.84 Å². The van der Waals surface area contributed by atoms with Gasteiger partial charge < -0.3 is 10.2 Å². The van der Waals surface area contributed by atoms with Crippen molar-refractivity contribution in [3.05, 3.63) is 71.3 Å². The van der Waals surface area contributed by atoms with Crippen LogP contribution in [0.1, 0.15) is 39.1 Å². The lowest BCUT2D eigenvalue weighted by Crippen LogP contribution is -2.52. The molecule has 0 bridgehead atoms.